The number of rotatable bonds is 9. The predicted molar refractivity (Wildman–Crippen MR) is 93.6 cm³/mol. The molecule has 0 aliphatic heterocycles. The molecule has 138 valence electrons. The topological polar surface area (TPSA) is 63.6 Å². The summed E-state index contributed by atoms with van der Waals surface area (Å²) in [5.41, 5.74) is 0. The number of hydrogen-bond acceptors (Lipinski definition) is 3. The summed E-state index contributed by atoms with van der Waals surface area (Å²) < 4.78 is 5.55. The summed E-state index contributed by atoms with van der Waals surface area (Å²) in [4.78, 5) is 24.9. The average Bonchev–Trinajstić information content (AvgIpc) is 3.10. The molecule has 2 atom stereocenters. The van der Waals surface area contributed by atoms with Crippen LogP contribution in [0.3, 0.4) is 0 Å². The second kappa shape index (κ2) is 10.0. The maximum atomic E-state index is 12.8. The molecule has 0 radical (unpaired) electrons. The SMILES string of the molecule is CCCCCOC(=O)C(C1CCCCC1)C(C(=O)O)C1CCCC1. The first-order valence-electron chi connectivity index (χ1n) is 10.0. The highest BCUT2D eigenvalue weighted by Crippen LogP contribution is 2.42. The first kappa shape index (κ1) is 19.3. The van der Waals surface area contributed by atoms with Gasteiger partial charge in [-0.2, -0.15) is 0 Å². The van der Waals surface area contributed by atoms with E-state index in [9.17, 15) is 14.7 Å². The van der Waals surface area contributed by atoms with Crippen molar-refractivity contribution < 1.29 is 19.4 Å². The summed E-state index contributed by atoms with van der Waals surface area (Å²) in [5, 5.41) is 9.89. The van der Waals surface area contributed by atoms with Crippen LogP contribution in [-0.2, 0) is 14.3 Å². The molecular formula is C20H34O4. The third kappa shape index (κ3) is 5.22. The molecule has 1 N–H and O–H groups in total. The summed E-state index contributed by atoms with van der Waals surface area (Å²) in [6.07, 6.45) is 12.5. The van der Waals surface area contributed by atoms with Crippen molar-refractivity contribution in [2.75, 3.05) is 6.61 Å². The summed E-state index contributed by atoms with van der Waals surface area (Å²) >= 11 is 0. The number of hydrogen-bond donors (Lipinski definition) is 1. The summed E-state index contributed by atoms with van der Waals surface area (Å²) in [7, 11) is 0. The van der Waals surface area contributed by atoms with Gasteiger partial charge >= 0.3 is 11.9 Å². The molecule has 0 saturated heterocycles. The number of carboxylic acid groups (broad SMARTS) is 1. The van der Waals surface area contributed by atoms with Crippen molar-refractivity contribution in [2.24, 2.45) is 23.7 Å². The molecule has 2 saturated carbocycles. The van der Waals surface area contributed by atoms with Crippen LogP contribution in [0.4, 0.5) is 0 Å². The van der Waals surface area contributed by atoms with E-state index < -0.39 is 17.8 Å². The van der Waals surface area contributed by atoms with Gasteiger partial charge in [0.25, 0.3) is 0 Å². The van der Waals surface area contributed by atoms with Gasteiger partial charge in [-0.1, -0.05) is 51.9 Å². The van der Waals surface area contributed by atoms with Crippen molar-refractivity contribution in [2.45, 2.75) is 84.0 Å². The van der Waals surface area contributed by atoms with E-state index in [0.29, 0.717) is 6.61 Å². The number of aliphatic carboxylic acids is 1. The van der Waals surface area contributed by atoms with Crippen LogP contribution < -0.4 is 0 Å². The fourth-order valence-electron chi connectivity index (χ4n) is 4.71. The zero-order valence-electron chi connectivity index (χ0n) is 15.2. The first-order valence-corrected chi connectivity index (χ1v) is 10.0. The van der Waals surface area contributed by atoms with E-state index in [2.05, 4.69) is 6.92 Å². The molecule has 2 rings (SSSR count). The Morgan fingerprint density at radius 3 is 2.00 bits per heavy atom. The molecule has 0 aromatic heterocycles. The van der Waals surface area contributed by atoms with Gasteiger partial charge in [-0.25, -0.2) is 0 Å². The van der Waals surface area contributed by atoms with E-state index in [0.717, 1.165) is 70.6 Å². The van der Waals surface area contributed by atoms with Crippen LogP contribution in [-0.4, -0.2) is 23.7 Å². The van der Waals surface area contributed by atoms with Gasteiger partial charge in [0.15, 0.2) is 0 Å². The first-order chi connectivity index (χ1) is 11.6. The van der Waals surface area contributed by atoms with Crippen LogP contribution in [0.25, 0.3) is 0 Å². The van der Waals surface area contributed by atoms with E-state index in [-0.39, 0.29) is 17.8 Å². The van der Waals surface area contributed by atoms with Crippen LogP contribution in [0.15, 0.2) is 0 Å². The Bertz CT molecular complexity index is 394. The van der Waals surface area contributed by atoms with Crippen molar-refractivity contribution in [3.63, 3.8) is 0 Å². The van der Waals surface area contributed by atoms with E-state index >= 15 is 0 Å². The lowest BCUT2D eigenvalue weighted by molar-refractivity contribution is -0.163. The third-order valence-corrected chi connectivity index (χ3v) is 6.00. The summed E-state index contributed by atoms with van der Waals surface area (Å²) in [5.74, 6) is -1.67. The zero-order valence-corrected chi connectivity index (χ0v) is 15.2. The highest BCUT2D eigenvalue weighted by molar-refractivity contribution is 5.81. The smallest absolute Gasteiger partial charge is 0.310 e. The molecule has 0 amide bonds. The van der Waals surface area contributed by atoms with E-state index in [1.807, 2.05) is 0 Å². The molecule has 2 fully saturated rings. The fourth-order valence-corrected chi connectivity index (χ4v) is 4.71. The van der Waals surface area contributed by atoms with Gasteiger partial charge < -0.3 is 9.84 Å². The Morgan fingerprint density at radius 1 is 0.917 bits per heavy atom. The molecule has 2 aliphatic carbocycles. The van der Waals surface area contributed by atoms with Gasteiger partial charge in [0.05, 0.1) is 18.4 Å². The molecule has 4 nitrogen and oxygen atoms in total. The molecule has 0 aromatic rings. The molecular weight excluding hydrogens is 304 g/mol. The minimum absolute atomic E-state index is 0.151. The second-order valence-corrected chi connectivity index (χ2v) is 7.71. The summed E-state index contributed by atoms with van der Waals surface area (Å²) in [6, 6.07) is 0. The maximum Gasteiger partial charge on any atom is 0.310 e. The van der Waals surface area contributed by atoms with Crippen LogP contribution >= 0.6 is 0 Å². The van der Waals surface area contributed by atoms with Crippen LogP contribution in [0.5, 0.6) is 0 Å². The number of ether oxygens (including phenoxy) is 1. The Labute approximate surface area is 146 Å². The van der Waals surface area contributed by atoms with Gasteiger partial charge in [-0.15, -0.1) is 0 Å². The number of carbonyl (C=O) groups is 2. The average molecular weight is 338 g/mol. The Morgan fingerprint density at radius 2 is 1.46 bits per heavy atom. The van der Waals surface area contributed by atoms with Gasteiger partial charge in [0.2, 0.25) is 0 Å². The minimum atomic E-state index is -0.789. The predicted octanol–water partition coefficient (Wildman–Crippen LogP) is 4.81. The standard InChI is InChI=1S/C20H34O4/c1-2-3-9-14-24-20(23)18(16-10-5-4-6-11-16)17(19(21)22)15-12-7-8-13-15/h15-18H,2-14H2,1H3,(H,21,22). The normalized spacial score (nSPS) is 22.2. The van der Waals surface area contributed by atoms with Gasteiger partial charge in [-0.05, 0) is 43.9 Å². The fraction of sp³-hybridized carbons (Fsp3) is 0.900. The van der Waals surface area contributed by atoms with Crippen molar-refractivity contribution in [3.8, 4) is 0 Å². The van der Waals surface area contributed by atoms with Crippen LogP contribution in [0.1, 0.15) is 84.0 Å². The molecule has 0 heterocycles. The largest absolute Gasteiger partial charge is 0.481 e. The molecule has 0 spiro atoms. The lowest BCUT2D eigenvalue weighted by atomic mass is 9.69. The number of carboxylic acids is 1. The Hall–Kier alpha value is -1.06. The number of unbranched alkanes of at least 4 members (excludes halogenated alkanes) is 2. The minimum Gasteiger partial charge on any atom is -0.481 e. The zero-order chi connectivity index (χ0) is 17.4. The quantitative estimate of drug-likeness (QED) is 0.484. The molecule has 2 unspecified atom stereocenters. The van der Waals surface area contributed by atoms with E-state index in [1.54, 1.807) is 0 Å². The number of esters is 1. The van der Waals surface area contributed by atoms with Crippen molar-refractivity contribution in [1.82, 2.24) is 0 Å². The Kier molecular flexibility index (Phi) is 8.07. The third-order valence-electron chi connectivity index (χ3n) is 6.00. The van der Waals surface area contributed by atoms with Gasteiger partial charge in [-0.3, -0.25) is 9.59 Å². The molecule has 0 aromatic carbocycles. The lowest BCUT2D eigenvalue weighted by Gasteiger charge is -2.35. The van der Waals surface area contributed by atoms with E-state index in [1.165, 1.54) is 6.42 Å². The van der Waals surface area contributed by atoms with E-state index in [4.69, 9.17) is 4.74 Å². The monoisotopic (exact) mass is 338 g/mol. The maximum absolute atomic E-state index is 12.8. The highest BCUT2D eigenvalue weighted by Gasteiger charge is 2.45. The number of carbonyl (C=O) groups excluding carboxylic acids is 1. The molecule has 0 bridgehead atoms. The van der Waals surface area contributed by atoms with Crippen LogP contribution in [0, 0.1) is 23.7 Å². The van der Waals surface area contributed by atoms with Crippen molar-refractivity contribution in [3.05, 3.63) is 0 Å². The molecule has 2 aliphatic rings. The molecule has 4 heteroatoms. The van der Waals surface area contributed by atoms with Crippen LogP contribution in [0.2, 0.25) is 0 Å². The lowest BCUT2D eigenvalue weighted by Crippen LogP contribution is -2.41. The second-order valence-electron chi connectivity index (χ2n) is 7.71. The van der Waals surface area contributed by atoms with Crippen molar-refractivity contribution >= 4 is 11.9 Å². The van der Waals surface area contributed by atoms with Gasteiger partial charge in [0, 0.05) is 0 Å². The Balaban J connectivity index is 2.10. The summed E-state index contributed by atoms with van der Waals surface area (Å²) in [6.45, 7) is 2.56. The molecule has 24 heavy (non-hydrogen) atoms. The van der Waals surface area contributed by atoms with Crippen molar-refractivity contribution in [1.29, 1.82) is 0 Å². The highest BCUT2D eigenvalue weighted by atomic mass is 16.5. The van der Waals surface area contributed by atoms with Gasteiger partial charge in [0.1, 0.15) is 0 Å².